The van der Waals surface area contributed by atoms with Crippen LogP contribution in [0.1, 0.15) is 6.92 Å². The predicted molar refractivity (Wildman–Crippen MR) is 15.9 cm³/mol. The fourth-order valence-electron chi connectivity index (χ4n) is 0. The molecule has 3 heteroatoms. The largest absolute Gasteiger partial charge is 0.379 e. The van der Waals surface area contributed by atoms with Gasteiger partial charge in [0.05, 0.1) is 6.23 Å². The summed E-state index contributed by atoms with van der Waals surface area (Å²) in [5, 5.41) is 7.83. The summed E-state index contributed by atoms with van der Waals surface area (Å²) in [4.78, 5) is 0. The average molecular weight is 152 g/mol. The molecule has 3 N–H and O–H groups in total. The van der Waals surface area contributed by atoms with Crippen molar-refractivity contribution in [2.45, 2.75) is 13.2 Å². The molecule has 0 spiro atoms. The smallest absolute Gasteiger partial charge is 0.0991 e. The SMILES string of the molecule is CC(N)O.[Zr]. The number of rotatable bonds is 0. The van der Waals surface area contributed by atoms with Crippen LogP contribution in [0.2, 0.25) is 0 Å². The van der Waals surface area contributed by atoms with Crippen molar-refractivity contribution in [3.63, 3.8) is 0 Å². The minimum absolute atomic E-state index is 0. The van der Waals surface area contributed by atoms with Crippen molar-refractivity contribution in [3.8, 4) is 0 Å². The van der Waals surface area contributed by atoms with Gasteiger partial charge in [0.1, 0.15) is 0 Å². The van der Waals surface area contributed by atoms with E-state index in [2.05, 4.69) is 5.73 Å². The Morgan fingerprint density at radius 1 is 1.80 bits per heavy atom. The Morgan fingerprint density at radius 3 is 1.80 bits per heavy atom. The van der Waals surface area contributed by atoms with Gasteiger partial charge >= 0.3 is 0 Å². The fraction of sp³-hybridized carbons (Fsp3) is 1.00. The van der Waals surface area contributed by atoms with Crippen LogP contribution in [0.25, 0.3) is 0 Å². The summed E-state index contributed by atoms with van der Waals surface area (Å²) < 4.78 is 0. The zero-order chi connectivity index (χ0) is 3.58. The minimum atomic E-state index is -0.667. The van der Waals surface area contributed by atoms with Crippen molar-refractivity contribution < 1.29 is 31.3 Å². The monoisotopic (exact) mass is 151 g/mol. The summed E-state index contributed by atoms with van der Waals surface area (Å²) in [6.45, 7) is 1.50. The number of aliphatic hydroxyl groups excluding tert-OH is 1. The summed E-state index contributed by atoms with van der Waals surface area (Å²) in [5.74, 6) is 0. The zero-order valence-electron chi connectivity index (χ0n) is 3.10. The van der Waals surface area contributed by atoms with Crippen LogP contribution in [0.3, 0.4) is 0 Å². The van der Waals surface area contributed by atoms with Crippen molar-refractivity contribution >= 4 is 0 Å². The molecule has 0 saturated heterocycles. The fourth-order valence-corrected chi connectivity index (χ4v) is 0. The molecule has 0 radical (unpaired) electrons. The van der Waals surface area contributed by atoms with Crippen LogP contribution in [0.5, 0.6) is 0 Å². The van der Waals surface area contributed by atoms with Crippen molar-refractivity contribution in [2.75, 3.05) is 0 Å². The van der Waals surface area contributed by atoms with E-state index in [1.807, 2.05) is 0 Å². The van der Waals surface area contributed by atoms with Gasteiger partial charge in [-0.25, -0.2) is 0 Å². The zero-order valence-corrected chi connectivity index (χ0v) is 5.56. The van der Waals surface area contributed by atoms with Crippen LogP contribution in [0, 0.1) is 0 Å². The molecule has 5 heavy (non-hydrogen) atoms. The van der Waals surface area contributed by atoms with Gasteiger partial charge in [-0.1, -0.05) is 0 Å². The molecule has 0 bridgehead atoms. The van der Waals surface area contributed by atoms with E-state index >= 15 is 0 Å². The maximum atomic E-state index is 7.83. The molecule has 0 amide bonds. The quantitative estimate of drug-likeness (QED) is 0.450. The van der Waals surface area contributed by atoms with Gasteiger partial charge in [0.15, 0.2) is 0 Å². The van der Waals surface area contributed by atoms with Gasteiger partial charge in [-0.2, -0.15) is 0 Å². The molecule has 0 aliphatic carbocycles. The number of aliphatic hydroxyl groups is 1. The first-order valence-electron chi connectivity index (χ1n) is 1.17. The topological polar surface area (TPSA) is 46.2 Å². The van der Waals surface area contributed by atoms with Gasteiger partial charge in [0.2, 0.25) is 0 Å². The minimum Gasteiger partial charge on any atom is -0.379 e. The van der Waals surface area contributed by atoms with Crippen LogP contribution in [-0.2, 0) is 26.2 Å². The van der Waals surface area contributed by atoms with E-state index in [9.17, 15) is 0 Å². The molecule has 0 aromatic carbocycles. The second-order valence-corrected chi connectivity index (χ2v) is 0.741. The van der Waals surface area contributed by atoms with Gasteiger partial charge in [-0.3, -0.25) is 0 Å². The standard InChI is InChI=1S/C2H7NO.Zr/c1-2(3)4;/h2,4H,3H2,1H3;. The summed E-state index contributed by atoms with van der Waals surface area (Å²) in [5.41, 5.74) is 4.67. The Labute approximate surface area is 50.5 Å². The van der Waals surface area contributed by atoms with E-state index in [0.29, 0.717) is 0 Å². The van der Waals surface area contributed by atoms with Crippen LogP contribution >= 0.6 is 0 Å². The molecule has 2 nitrogen and oxygen atoms in total. The van der Waals surface area contributed by atoms with E-state index in [1.54, 1.807) is 0 Å². The maximum absolute atomic E-state index is 7.83. The van der Waals surface area contributed by atoms with E-state index in [1.165, 1.54) is 6.92 Å². The molecule has 1 unspecified atom stereocenters. The molecule has 0 aromatic heterocycles. The van der Waals surface area contributed by atoms with E-state index < -0.39 is 6.23 Å². The second kappa shape index (κ2) is 4.80. The van der Waals surface area contributed by atoms with Gasteiger partial charge < -0.3 is 10.8 Å². The first-order valence-corrected chi connectivity index (χ1v) is 1.17. The summed E-state index contributed by atoms with van der Waals surface area (Å²) in [7, 11) is 0. The van der Waals surface area contributed by atoms with E-state index in [4.69, 9.17) is 5.11 Å². The van der Waals surface area contributed by atoms with Crippen LogP contribution in [-0.4, -0.2) is 11.3 Å². The Kier molecular flexibility index (Phi) is 8.89. The Morgan fingerprint density at radius 2 is 1.80 bits per heavy atom. The molecule has 0 heterocycles. The number of hydrogen-bond donors (Lipinski definition) is 2. The molecule has 0 aliphatic rings. The third-order valence-electron chi connectivity index (χ3n) is 0. The molecule has 0 aliphatic heterocycles. The Bertz CT molecular complexity index is 14.4. The normalized spacial score (nSPS) is 12.6. The molecule has 1 atom stereocenters. The predicted octanol–water partition coefficient (Wildman–Crippen LogP) is -0.719. The van der Waals surface area contributed by atoms with Crippen LogP contribution in [0.4, 0.5) is 0 Å². The summed E-state index contributed by atoms with van der Waals surface area (Å²) >= 11 is 0. The van der Waals surface area contributed by atoms with Crippen LogP contribution < -0.4 is 5.73 Å². The third-order valence-corrected chi connectivity index (χ3v) is 0. The van der Waals surface area contributed by atoms with E-state index in [0.717, 1.165) is 0 Å². The molecule has 0 saturated carbocycles. The van der Waals surface area contributed by atoms with Crippen LogP contribution in [0.15, 0.2) is 0 Å². The van der Waals surface area contributed by atoms with Gasteiger partial charge in [-0.05, 0) is 6.92 Å². The van der Waals surface area contributed by atoms with Gasteiger partial charge in [-0.15, -0.1) is 0 Å². The number of hydrogen-bond acceptors (Lipinski definition) is 2. The third kappa shape index (κ3) is 58.5. The van der Waals surface area contributed by atoms with Crippen molar-refractivity contribution in [1.82, 2.24) is 0 Å². The second-order valence-electron chi connectivity index (χ2n) is 0.741. The average Bonchev–Trinajstić information content (AvgIpc) is 0.811. The molecular formula is C2H7NOZr. The molecule has 30 valence electrons. The molecular weight excluding hydrogens is 145 g/mol. The summed E-state index contributed by atoms with van der Waals surface area (Å²) in [6.07, 6.45) is -0.667. The molecule has 0 aromatic rings. The van der Waals surface area contributed by atoms with E-state index in [-0.39, 0.29) is 26.2 Å². The van der Waals surface area contributed by atoms with Crippen molar-refractivity contribution in [3.05, 3.63) is 0 Å². The van der Waals surface area contributed by atoms with Gasteiger partial charge in [0.25, 0.3) is 0 Å². The number of nitrogens with two attached hydrogens (primary N) is 1. The molecule has 0 rings (SSSR count). The molecule has 0 fully saturated rings. The Balaban J connectivity index is 0. The maximum Gasteiger partial charge on any atom is 0.0991 e. The van der Waals surface area contributed by atoms with Crippen molar-refractivity contribution in [1.29, 1.82) is 0 Å². The first-order chi connectivity index (χ1) is 1.73. The van der Waals surface area contributed by atoms with Gasteiger partial charge in [0, 0.05) is 26.2 Å². The first kappa shape index (κ1) is 9.26. The Hall–Kier alpha value is 0.803. The summed E-state index contributed by atoms with van der Waals surface area (Å²) in [6, 6.07) is 0. The van der Waals surface area contributed by atoms with Crippen molar-refractivity contribution in [2.24, 2.45) is 5.73 Å².